The molecule has 0 saturated heterocycles. The molecule has 1 N–H and O–H groups in total. The van der Waals surface area contributed by atoms with Crippen LogP contribution in [0.3, 0.4) is 0 Å². The third-order valence-electron chi connectivity index (χ3n) is 4.25. The number of hydrogen-bond acceptors (Lipinski definition) is 3. The zero-order chi connectivity index (χ0) is 18.8. The summed E-state index contributed by atoms with van der Waals surface area (Å²) in [5.41, 5.74) is 2.72. The van der Waals surface area contributed by atoms with Gasteiger partial charge in [0.05, 0.1) is 10.7 Å². The molecule has 1 heterocycles. The molecule has 6 heteroatoms. The van der Waals surface area contributed by atoms with Crippen molar-refractivity contribution < 1.29 is 13.6 Å². The zero-order valence-corrected chi connectivity index (χ0v) is 15.1. The van der Waals surface area contributed by atoms with Gasteiger partial charge >= 0.3 is 5.63 Å². The second kappa shape index (κ2) is 7.30. The predicted octanol–water partition coefficient (Wildman–Crippen LogP) is 4.77. The van der Waals surface area contributed by atoms with Crippen LogP contribution in [0.4, 0.5) is 10.1 Å². The summed E-state index contributed by atoms with van der Waals surface area (Å²) in [6.45, 7) is 3.77. The van der Waals surface area contributed by atoms with Crippen molar-refractivity contribution >= 4 is 34.2 Å². The molecule has 26 heavy (non-hydrogen) atoms. The van der Waals surface area contributed by atoms with Gasteiger partial charge in [-0.3, -0.25) is 4.79 Å². The SMILES string of the molecule is Cc1ccc2c(C)c(CCC(=O)Nc3ccc(F)cc3Cl)c(=O)oc2c1. The van der Waals surface area contributed by atoms with Crippen LogP contribution in [-0.2, 0) is 11.2 Å². The van der Waals surface area contributed by atoms with Crippen LogP contribution in [0.5, 0.6) is 0 Å². The molecule has 1 amide bonds. The highest BCUT2D eigenvalue weighted by Crippen LogP contribution is 2.24. The largest absolute Gasteiger partial charge is 0.423 e. The van der Waals surface area contributed by atoms with Gasteiger partial charge in [-0.1, -0.05) is 23.7 Å². The van der Waals surface area contributed by atoms with Crippen LogP contribution >= 0.6 is 11.6 Å². The summed E-state index contributed by atoms with van der Waals surface area (Å²) in [4.78, 5) is 24.4. The third kappa shape index (κ3) is 3.78. The lowest BCUT2D eigenvalue weighted by atomic mass is 10.0. The van der Waals surface area contributed by atoms with Crippen LogP contribution < -0.4 is 10.9 Å². The number of aryl methyl sites for hydroxylation is 2. The summed E-state index contributed by atoms with van der Waals surface area (Å²) in [6.07, 6.45) is 0.319. The van der Waals surface area contributed by atoms with Gasteiger partial charge < -0.3 is 9.73 Å². The number of nitrogens with one attached hydrogen (secondary N) is 1. The van der Waals surface area contributed by atoms with Crippen molar-refractivity contribution in [3.05, 3.63) is 74.3 Å². The Kier molecular flexibility index (Phi) is 5.09. The number of hydrogen-bond donors (Lipinski definition) is 1. The highest BCUT2D eigenvalue weighted by atomic mass is 35.5. The molecule has 0 aliphatic heterocycles. The van der Waals surface area contributed by atoms with Crippen molar-refractivity contribution in [1.82, 2.24) is 0 Å². The molecule has 4 nitrogen and oxygen atoms in total. The second-order valence-corrected chi connectivity index (χ2v) is 6.57. The fourth-order valence-electron chi connectivity index (χ4n) is 2.83. The lowest BCUT2D eigenvalue weighted by Crippen LogP contribution is -2.16. The van der Waals surface area contributed by atoms with Crippen LogP contribution in [0.1, 0.15) is 23.1 Å². The van der Waals surface area contributed by atoms with Gasteiger partial charge in [-0.25, -0.2) is 9.18 Å². The minimum absolute atomic E-state index is 0.0800. The normalized spacial score (nSPS) is 10.9. The maximum atomic E-state index is 13.1. The molecule has 3 aromatic rings. The summed E-state index contributed by atoms with van der Waals surface area (Å²) >= 11 is 5.90. The van der Waals surface area contributed by atoms with Gasteiger partial charge in [-0.05, 0) is 55.7 Å². The Morgan fingerprint density at radius 1 is 1.19 bits per heavy atom. The van der Waals surface area contributed by atoms with E-state index in [1.165, 1.54) is 12.1 Å². The van der Waals surface area contributed by atoms with Gasteiger partial charge in [-0.2, -0.15) is 0 Å². The van der Waals surface area contributed by atoms with Gasteiger partial charge in [-0.15, -0.1) is 0 Å². The van der Waals surface area contributed by atoms with E-state index in [9.17, 15) is 14.0 Å². The molecule has 0 aliphatic rings. The number of halogens is 2. The van der Waals surface area contributed by atoms with E-state index in [0.29, 0.717) is 16.8 Å². The van der Waals surface area contributed by atoms with Gasteiger partial charge in [0.25, 0.3) is 0 Å². The number of amides is 1. The second-order valence-electron chi connectivity index (χ2n) is 6.17. The van der Waals surface area contributed by atoms with E-state index in [4.69, 9.17) is 16.0 Å². The first kappa shape index (κ1) is 18.1. The molecule has 0 bridgehead atoms. The standard InChI is InChI=1S/C20H17ClFNO3/c1-11-3-5-14-12(2)15(20(25)26-18(14)9-11)6-8-19(24)23-17-7-4-13(22)10-16(17)21/h3-5,7,9-10H,6,8H2,1-2H3,(H,23,24). The molecule has 0 atom stereocenters. The Bertz CT molecular complexity index is 1060. The Labute approximate surface area is 154 Å². The Hall–Kier alpha value is -2.66. The Morgan fingerprint density at radius 2 is 1.96 bits per heavy atom. The van der Waals surface area contributed by atoms with E-state index in [1.54, 1.807) is 0 Å². The Balaban J connectivity index is 1.78. The van der Waals surface area contributed by atoms with Crippen LogP contribution in [-0.4, -0.2) is 5.91 Å². The molecular weight excluding hydrogens is 357 g/mol. The van der Waals surface area contributed by atoms with E-state index in [2.05, 4.69) is 5.32 Å². The maximum Gasteiger partial charge on any atom is 0.339 e. The number of fused-ring (bicyclic) bond motifs is 1. The minimum atomic E-state index is -0.479. The monoisotopic (exact) mass is 373 g/mol. The molecule has 134 valence electrons. The first-order valence-corrected chi connectivity index (χ1v) is 8.51. The smallest absolute Gasteiger partial charge is 0.339 e. The Morgan fingerprint density at radius 3 is 2.69 bits per heavy atom. The highest BCUT2D eigenvalue weighted by Gasteiger charge is 2.14. The number of carbonyl (C=O) groups is 1. The van der Waals surface area contributed by atoms with Crippen molar-refractivity contribution in [2.75, 3.05) is 5.32 Å². The quantitative estimate of drug-likeness (QED) is 0.670. The van der Waals surface area contributed by atoms with E-state index in [-0.39, 0.29) is 23.8 Å². The lowest BCUT2D eigenvalue weighted by molar-refractivity contribution is -0.116. The number of carbonyl (C=O) groups excluding carboxylic acids is 1. The van der Waals surface area contributed by atoms with Crippen molar-refractivity contribution in [2.45, 2.75) is 26.7 Å². The van der Waals surface area contributed by atoms with Crippen molar-refractivity contribution in [3.63, 3.8) is 0 Å². The molecule has 0 fully saturated rings. The molecule has 0 aliphatic carbocycles. The van der Waals surface area contributed by atoms with Gasteiger partial charge in [0.2, 0.25) is 5.91 Å². The third-order valence-corrected chi connectivity index (χ3v) is 4.56. The van der Waals surface area contributed by atoms with E-state index in [0.717, 1.165) is 22.6 Å². The lowest BCUT2D eigenvalue weighted by Gasteiger charge is -2.09. The minimum Gasteiger partial charge on any atom is -0.423 e. The van der Waals surface area contributed by atoms with E-state index in [1.807, 2.05) is 32.0 Å². The first-order chi connectivity index (χ1) is 12.3. The summed E-state index contributed by atoms with van der Waals surface area (Å²) in [7, 11) is 0. The van der Waals surface area contributed by atoms with Crippen molar-refractivity contribution in [1.29, 1.82) is 0 Å². The van der Waals surface area contributed by atoms with Gasteiger partial charge in [0, 0.05) is 17.4 Å². The summed E-state index contributed by atoms with van der Waals surface area (Å²) in [5.74, 6) is -0.797. The number of anilines is 1. The molecule has 2 aromatic carbocycles. The van der Waals surface area contributed by atoms with Gasteiger partial charge in [0.15, 0.2) is 0 Å². The summed E-state index contributed by atoms with van der Waals surface area (Å²) in [6, 6.07) is 9.41. The number of benzene rings is 2. The molecule has 1 aromatic heterocycles. The van der Waals surface area contributed by atoms with Gasteiger partial charge in [0.1, 0.15) is 11.4 Å². The maximum absolute atomic E-state index is 13.1. The molecular formula is C20H17ClFNO3. The van der Waals surface area contributed by atoms with Crippen LogP contribution in [0.25, 0.3) is 11.0 Å². The summed E-state index contributed by atoms with van der Waals surface area (Å²) in [5, 5.41) is 3.60. The molecule has 0 saturated carbocycles. The van der Waals surface area contributed by atoms with E-state index >= 15 is 0 Å². The molecule has 0 unspecified atom stereocenters. The van der Waals surface area contributed by atoms with Crippen molar-refractivity contribution in [2.24, 2.45) is 0 Å². The average molecular weight is 374 g/mol. The fraction of sp³-hybridized carbons (Fsp3) is 0.200. The fourth-order valence-corrected chi connectivity index (χ4v) is 3.05. The molecule has 0 radical (unpaired) electrons. The van der Waals surface area contributed by atoms with Crippen molar-refractivity contribution in [3.8, 4) is 0 Å². The molecule has 0 spiro atoms. The van der Waals surface area contributed by atoms with Crippen LogP contribution in [0, 0.1) is 19.7 Å². The highest BCUT2D eigenvalue weighted by molar-refractivity contribution is 6.33. The predicted molar refractivity (Wildman–Crippen MR) is 100 cm³/mol. The van der Waals surface area contributed by atoms with E-state index < -0.39 is 11.4 Å². The first-order valence-electron chi connectivity index (χ1n) is 8.13. The zero-order valence-electron chi connectivity index (χ0n) is 14.4. The molecule has 3 rings (SSSR count). The topological polar surface area (TPSA) is 59.3 Å². The average Bonchev–Trinajstić information content (AvgIpc) is 2.57. The van der Waals surface area contributed by atoms with Crippen LogP contribution in [0.15, 0.2) is 45.6 Å². The number of rotatable bonds is 4. The van der Waals surface area contributed by atoms with Crippen LogP contribution in [0.2, 0.25) is 5.02 Å². The summed E-state index contributed by atoms with van der Waals surface area (Å²) < 4.78 is 18.4.